The van der Waals surface area contributed by atoms with Crippen molar-refractivity contribution in [2.75, 3.05) is 0 Å². The summed E-state index contributed by atoms with van der Waals surface area (Å²) in [6.07, 6.45) is 5.10. The summed E-state index contributed by atoms with van der Waals surface area (Å²) in [7, 11) is 0. The SMILES string of the molecule is C[C@H](CC(Cc1ccc(-c2ccccc2)cc1)NC(=O)c1cncnc1)C(=O)O. The highest BCUT2D eigenvalue weighted by molar-refractivity contribution is 5.93. The second kappa shape index (κ2) is 9.59. The summed E-state index contributed by atoms with van der Waals surface area (Å²) in [6, 6.07) is 17.8. The molecule has 6 heteroatoms. The van der Waals surface area contributed by atoms with Crippen LogP contribution in [0.15, 0.2) is 73.3 Å². The van der Waals surface area contributed by atoms with Crippen LogP contribution >= 0.6 is 0 Å². The molecular formula is C23H23N3O3. The lowest BCUT2D eigenvalue weighted by Gasteiger charge is -2.21. The smallest absolute Gasteiger partial charge is 0.306 e. The van der Waals surface area contributed by atoms with Crippen molar-refractivity contribution in [2.24, 2.45) is 5.92 Å². The molecule has 2 N–H and O–H groups in total. The average Bonchev–Trinajstić information content (AvgIpc) is 2.75. The number of nitrogens with zero attached hydrogens (tertiary/aromatic N) is 2. The number of nitrogens with one attached hydrogen (secondary N) is 1. The third kappa shape index (κ3) is 5.72. The Labute approximate surface area is 169 Å². The second-order valence-electron chi connectivity index (χ2n) is 7.04. The molecule has 3 aromatic rings. The maximum absolute atomic E-state index is 12.5. The van der Waals surface area contributed by atoms with Gasteiger partial charge in [-0.1, -0.05) is 61.5 Å². The quantitative estimate of drug-likeness (QED) is 0.614. The Balaban J connectivity index is 1.73. The number of aliphatic carboxylic acids is 1. The predicted octanol–water partition coefficient (Wildman–Crippen LogP) is 3.60. The first-order chi connectivity index (χ1) is 14.0. The third-order valence-corrected chi connectivity index (χ3v) is 4.76. The van der Waals surface area contributed by atoms with Crippen LogP contribution in [0.5, 0.6) is 0 Å². The molecule has 2 atom stereocenters. The molecule has 0 aliphatic rings. The van der Waals surface area contributed by atoms with Crippen LogP contribution in [0.4, 0.5) is 0 Å². The number of carboxylic acids is 1. The number of hydrogen-bond donors (Lipinski definition) is 2. The van der Waals surface area contributed by atoms with E-state index in [1.165, 1.54) is 18.7 Å². The van der Waals surface area contributed by atoms with Gasteiger partial charge in [0.25, 0.3) is 5.91 Å². The van der Waals surface area contributed by atoms with Crippen molar-refractivity contribution in [1.29, 1.82) is 0 Å². The van der Waals surface area contributed by atoms with Crippen molar-refractivity contribution < 1.29 is 14.7 Å². The van der Waals surface area contributed by atoms with Crippen LogP contribution in [-0.4, -0.2) is 33.0 Å². The number of rotatable bonds is 8. The molecule has 0 saturated carbocycles. The molecule has 1 aromatic heterocycles. The number of carbonyl (C=O) groups is 2. The molecule has 0 saturated heterocycles. The lowest BCUT2D eigenvalue weighted by Crippen LogP contribution is -2.38. The molecule has 3 rings (SSSR count). The molecule has 148 valence electrons. The van der Waals surface area contributed by atoms with Gasteiger partial charge in [-0.3, -0.25) is 9.59 Å². The van der Waals surface area contributed by atoms with Crippen LogP contribution in [0.2, 0.25) is 0 Å². The van der Waals surface area contributed by atoms with E-state index in [2.05, 4.69) is 27.4 Å². The molecule has 1 unspecified atom stereocenters. The highest BCUT2D eigenvalue weighted by atomic mass is 16.4. The van der Waals surface area contributed by atoms with E-state index in [4.69, 9.17) is 0 Å². The first kappa shape index (κ1) is 20.2. The third-order valence-electron chi connectivity index (χ3n) is 4.76. The molecular weight excluding hydrogens is 366 g/mol. The minimum Gasteiger partial charge on any atom is -0.481 e. The van der Waals surface area contributed by atoms with Crippen molar-refractivity contribution in [3.05, 3.63) is 84.4 Å². The average molecular weight is 389 g/mol. The van der Waals surface area contributed by atoms with Crippen LogP contribution in [0.3, 0.4) is 0 Å². The van der Waals surface area contributed by atoms with Gasteiger partial charge in [-0.05, 0) is 29.5 Å². The summed E-state index contributed by atoms with van der Waals surface area (Å²) in [5, 5.41) is 12.2. The Morgan fingerprint density at radius 1 is 0.966 bits per heavy atom. The standard InChI is InChI=1S/C23H23N3O3/c1-16(23(28)29)11-21(26-22(27)20-13-24-15-25-14-20)12-17-7-9-19(10-8-17)18-5-3-2-4-6-18/h2-10,13-16,21H,11-12H2,1H3,(H,26,27)(H,28,29)/t16-,21?/m1/s1. The van der Waals surface area contributed by atoms with E-state index in [0.29, 0.717) is 18.4 Å². The van der Waals surface area contributed by atoms with Crippen molar-refractivity contribution in [2.45, 2.75) is 25.8 Å². The second-order valence-corrected chi connectivity index (χ2v) is 7.04. The van der Waals surface area contributed by atoms with Gasteiger partial charge < -0.3 is 10.4 Å². The summed E-state index contributed by atoms with van der Waals surface area (Å²) in [4.78, 5) is 31.5. The number of carboxylic acid groups (broad SMARTS) is 1. The van der Waals surface area contributed by atoms with Gasteiger partial charge >= 0.3 is 5.97 Å². The summed E-state index contributed by atoms with van der Waals surface area (Å²) in [5.74, 6) is -1.77. The fourth-order valence-corrected chi connectivity index (χ4v) is 3.15. The van der Waals surface area contributed by atoms with Crippen LogP contribution in [0.1, 0.15) is 29.3 Å². The summed E-state index contributed by atoms with van der Waals surface area (Å²) in [5.41, 5.74) is 3.61. The van der Waals surface area contributed by atoms with Gasteiger partial charge in [0.2, 0.25) is 0 Å². The largest absolute Gasteiger partial charge is 0.481 e. The molecule has 0 spiro atoms. The zero-order chi connectivity index (χ0) is 20.6. The van der Waals surface area contributed by atoms with Crippen LogP contribution < -0.4 is 5.32 Å². The van der Waals surface area contributed by atoms with Crippen molar-refractivity contribution >= 4 is 11.9 Å². The molecule has 1 amide bonds. The molecule has 0 fully saturated rings. The Hall–Kier alpha value is -3.54. The molecule has 2 aromatic carbocycles. The summed E-state index contributed by atoms with van der Waals surface area (Å²) in [6.45, 7) is 1.64. The topological polar surface area (TPSA) is 92.2 Å². The highest BCUT2D eigenvalue weighted by Gasteiger charge is 2.21. The van der Waals surface area contributed by atoms with Gasteiger partial charge in [0.15, 0.2) is 0 Å². The lowest BCUT2D eigenvalue weighted by atomic mass is 9.94. The lowest BCUT2D eigenvalue weighted by molar-refractivity contribution is -0.141. The molecule has 0 aliphatic heterocycles. The highest BCUT2D eigenvalue weighted by Crippen LogP contribution is 2.20. The van der Waals surface area contributed by atoms with E-state index < -0.39 is 11.9 Å². The van der Waals surface area contributed by atoms with Crippen LogP contribution in [0, 0.1) is 5.92 Å². The Bertz CT molecular complexity index is 944. The minimum absolute atomic E-state index is 0.311. The van der Waals surface area contributed by atoms with Gasteiger partial charge in [0.05, 0.1) is 11.5 Å². The number of amides is 1. The normalized spacial score (nSPS) is 12.7. The molecule has 1 heterocycles. The van der Waals surface area contributed by atoms with Gasteiger partial charge in [0.1, 0.15) is 6.33 Å². The van der Waals surface area contributed by atoms with Crippen molar-refractivity contribution in [1.82, 2.24) is 15.3 Å². The fourth-order valence-electron chi connectivity index (χ4n) is 3.15. The van der Waals surface area contributed by atoms with E-state index in [-0.39, 0.29) is 11.9 Å². The zero-order valence-electron chi connectivity index (χ0n) is 16.2. The Morgan fingerprint density at radius 3 is 2.21 bits per heavy atom. The Morgan fingerprint density at radius 2 is 1.59 bits per heavy atom. The van der Waals surface area contributed by atoms with E-state index >= 15 is 0 Å². The molecule has 0 radical (unpaired) electrons. The first-order valence-corrected chi connectivity index (χ1v) is 9.46. The summed E-state index contributed by atoms with van der Waals surface area (Å²) >= 11 is 0. The molecule has 0 aliphatic carbocycles. The van der Waals surface area contributed by atoms with E-state index in [1.807, 2.05) is 42.5 Å². The monoisotopic (exact) mass is 389 g/mol. The number of benzene rings is 2. The molecule has 0 bridgehead atoms. The molecule has 6 nitrogen and oxygen atoms in total. The van der Waals surface area contributed by atoms with E-state index in [9.17, 15) is 14.7 Å². The zero-order valence-corrected chi connectivity index (χ0v) is 16.2. The first-order valence-electron chi connectivity index (χ1n) is 9.46. The van der Waals surface area contributed by atoms with Gasteiger partial charge in [-0.2, -0.15) is 0 Å². The van der Waals surface area contributed by atoms with E-state index in [1.54, 1.807) is 6.92 Å². The van der Waals surface area contributed by atoms with Gasteiger partial charge in [0, 0.05) is 18.4 Å². The van der Waals surface area contributed by atoms with Crippen LogP contribution in [0.25, 0.3) is 11.1 Å². The number of aromatic nitrogens is 2. The number of carbonyl (C=O) groups excluding carboxylic acids is 1. The Kier molecular flexibility index (Phi) is 6.68. The fraction of sp³-hybridized carbons (Fsp3) is 0.217. The maximum Gasteiger partial charge on any atom is 0.306 e. The predicted molar refractivity (Wildman–Crippen MR) is 110 cm³/mol. The van der Waals surface area contributed by atoms with Crippen molar-refractivity contribution in [3.63, 3.8) is 0 Å². The number of hydrogen-bond acceptors (Lipinski definition) is 4. The van der Waals surface area contributed by atoms with Gasteiger partial charge in [-0.25, -0.2) is 9.97 Å². The minimum atomic E-state index is -0.883. The van der Waals surface area contributed by atoms with Crippen molar-refractivity contribution in [3.8, 4) is 11.1 Å². The molecule has 29 heavy (non-hydrogen) atoms. The maximum atomic E-state index is 12.5. The van der Waals surface area contributed by atoms with E-state index in [0.717, 1.165) is 16.7 Å². The summed E-state index contributed by atoms with van der Waals surface area (Å²) < 4.78 is 0. The van der Waals surface area contributed by atoms with Crippen LogP contribution in [-0.2, 0) is 11.2 Å². The van der Waals surface area contributed by atoms with Gasteiger partial charge in [-0.15, -0.1) is 0 Å².